The van der Waals surface area contributed by atoms with Crippen LogP contribution in [0.4, 0.5) is 0 Å². The minimum atomic E-state index is -0.317. The highest BCUT2D eigenvalue weighted by atomic mass is 35.5. The summed E-state index contributed by atoms with van der Waals surface area (Å²) >= 11 is 5.95. The Kier molecular flexibility index (Phi) is 5.87. The monoisotopic (exact) mass is 428 g/mol. The highest BCUT2D eigenvalue weighted by molar-refractivity contribution is 6.30. The van der Waals surface area contributed by atoms with Crippen molar-refractivity contribution in [3.8, 4) is 11.5 Å². The number of hydrogen-bond donors (Lipinski definition) is 1. The van der Waals surface area contributed by atoms with Crippen molar-refractivity contribution in [2.24, 2.45) is 0 Å². The summed E-state index contributed by atoms with van der Waals surface area (Å²) in [6.45, 7) is 1.00. The summed E-state index contributed by atoms with van der Waals surface area (Å²) in [7, 11) is 3.16. The van der Waals surface area contributed by atoms with Gasteiger partial charge in [0.2, 0.25) is 0 Å². The van der Waals surface area contributed by atoms with Gasteiger partial charge in [-0.15, -0.1) is 5.10 Å². The van der Waals surface area contributed by atoms with Crippen molar-refractivity contribution in [3.05, 3.63) is 70.0 Å². The van der Waals surface area contributed by atoms with Crippen LogP contribution in [0.5, 0.6) is 11.5 Å². The molecular weight excluding hydrogens is 408 g/mol. The summed E-state index contributed by atoms with van der Waals surface area (Å²) in [4.78, 5) is 12.7. The number of amides is 1. The highest BCUT2D eigenvalue weighted by Crippen LogP contribution is 2.28. The molecule has 1 N–H and O–H groups in total. The van der Waals surface area contributed by atoms with E-state index in [-0.39, 0.29) is 30.9 Å². The molecule has 3 aromatic rings. The van der Waals surface area contributed by atoms with E-state index >= 15 is 0 Å². The minimum absolute atomic E-state index is 0.170. The van der Waals surface area contributed by atoms with Gasteiger partial charge in [-0.1, -0.05) is 28.9 Å². The van der Waals surface area contributed by atoms with Crippen molar-refractivity contribution < 1.29 is 19.0 Å². The van der Waals surface area contributed by atoms with E-state index in [1.807, 2.05) is 36.4 Å². The molecule has 9 heteroatoms. The maximum Gasteiger partial charge on any atom is 0.274 e. The Labute approximate surface area is 178 Å². The first-order valence-electron chi connectivity index (χ1n) is 9.37. The first kappa shape index (κ1) is 20.2. The van der Waals surface area contributed by atoms with Crippen LogP contribution >= 0.6 is 11.6 Å². The second-order valence-electron chi connectivity index (χ2n) is 6.78. The zero-order valence-electron chi connectivity index (χ0n) is 16.6. The van der Waals surface area contributed by atoms with Crippen LogP contribution in [-0.4, -0.2) is 35.1 Å². The lowest BCUT2D eigenvalue weighted by molar-refractivity contribution is -0.00177. The lowest BCUT2D eigenvalue weighted by Gasteiger charge is -2.24. The van der Waals surface area contributed by atoms with Gasteiger partial charge in [-0.3, -0.25) is 4.79 Å². The third-order valence-electron chi connectivity index (χ3n) is 4.99. The highest BCUT2D eigenvalue weighted by Gasteiger charge is 2.27. The van der Waals surface area contributed by atoms with Crippen LogP contribution in [0.15, 0.2) is 42.5 Å². The number of rotatable bonds is 6. The van der Waals surface area contributed by atoms with E-state index in [4.69, 9.17) is 25.8 Å². The lowest BCUT2D eigenvalue weighted by atomic mass is 10.1. The zero-order chi connectivity index (χ0) is 21.1. The van der Waals surface area contributed by atoms with Gasteiger partial charge in [0.25, 0.3) is 5.91 Å². The molecule has 0 unspecified atom stereocenters. The second kappa shape index (κ2) is 8.73. The van der Waals surface area contributed by atoms with E-state index in [1.165, 1.54) is 0 Å². The second-order valence-corrected chi connectivity index (χ2v) is 7.21. The summed E-state index contributed by atoms with van der Waals surface area (Å²) in [5.74, 6) is 0.998. The predicted molar refractivity (Wildman–Crippen MR) is 110 cm³/mol. The van der Waals surface area contributed by atoms with E-state index in [9.17, 15) is 4.79 Å². The molecule has 0 saturated carbocycles. The fourth-order valence-electron chi connectivity index (χ4n) is 3.32. The molecule has 2 aromatic carbocycles. The van der Waals surface area contributed by atoms with Crippen molar-refractivity contribution in [2.45, 2.75) is 25.8 Å². The number of nitrogens with one attached hydrogen (secondary N) is 1. The number of carbonyl (C=O) groups is 1. The number of aromatic nitrogens is 3. The van der Waals surface area contributed by atoms with Gasteiger partial charge < -0.3 is 19.5 Å². The molecule has 0 bridgehead atoms. The first-order chi connectivity index (χ1) is 14.6. The van der Waals surface area contributed by atoms with Crippen molar-refractivity contribution in [2.75, 3.05) is 14.2 Å². The fraction of sp³-hybridized carbons (Fsp3) is 0.286. The normalized spacial score (nSPS) is 15.4. The topological polar surface area (TPSA) is 87.5 Å². The molecule has 1 aliphatic rings. The smallest absolute Gasteiger partial charge is 0.274 e. The fourth-order valence-corrected chi connectivity index (χ4v) is 3.45. The van der Waals surface area contributed by atoms with Gasteiger partial charge in [0.1, 0.15) is 17.6 Å². The van der Waals surface area contributed by atoms with E-state index in [1.54, 1.807) is 25.0 Å². The summed E-state index contributed by atoms with van der Waals surface area (Å²) in [6, 6.07) is 12.9. The number of halogens is 1. The average Bonchev–Trinajstić information content (AvgIpc) is 3.21. The Balaban J connectivity index is 1.44. The van der Waals surface area contributed by atoms with Crippen molar-refractivity contribution >= 4 is 17.5 Å². The SMILES string of the molecule is COc1ccc(CNC(=O)c2nnn3c2CO[C@H](c2ccc(Cl)cc2)C3)c(OC)c1. The Morgan fingerprint density at radius 2 is 2.03 bits per heavy atom. The number of benzene rings is 2. The number of methoxy groups -OCH3 is 2. The van der Waals surface area contributed by atoms with Crippen molar-refractivity contribution in [1.29, 1.82) is 0 Å². The number of hydrogen-bond acceptors (Lipinski definition) is 6. The van der Waals surface area contributed by atoms with Gasteiger partial charge in [0.15, 0.2) is 5.69 Å². The summed E-state index contributed by atoms with van der Waals surface area (Å²) < 4.78 is 18.2. The number of nitrogens with zero attached hydrogens (tertiary/aromatic N) is 3. The molecule has 0 aliphatic carbocycles. The molecular formula is C21H21ClN4O4. The van der Waals surface area contributed by atoms with Crippen molar-refractivity contribution in [1.82, 2.24) is 20.3 Å². The molecule has 1 aliphatic heterocycles. The molecule has 30 heavy (non-hydrogen) atoms. The molecule has 8 nitrogen and oxygen atoms in total. The van der Waals surface area contributed by atoms with Crippen LogP contribution < -0.4 is 14.8 Å². The Hall–Kier alpha value is -3.10. The summed E-state index contributed by atoms with van der Waals surface area (Å²) in [5, 5.41) is 11.7. The molecule has 0 radical (unpaired) electrons. The van der Waals surface area contributed by atoms with Gasteiger partial charge in [0, 0.05) is 23.2 Å². The predicted octanol–water partition coefficient (Wildman–Crippen LogP) is 3.15. The molecule has 1 amide bonds. The molecule has 2 heterocycles. The summed E-state index contributed by atoms with van der Waals surface area (Å²) in [5.41, 5.74) is 2.74. The molecule has 1 aromatic heterocycles. The molecule has 156 valence electrons. The van der Waals surface area contributed by atoms with Crippen LogP contribution in [0.25, 0.3) is 0 Å². The Morgan fingerprint density at radius 3 is 2.77 bits per heavy atom. The Morgan fingerprint density at radius 1 is 1.23 bits per heavy atom. The molecule has 0 fully saturated rings. The van der Waals surface area contributed by atoms with E-state index in [0.717, 1.165) is 11.1 Å². The van der Waals surface area contributed by atoms with E-state index in [0.29, 0.717) is 28.8 Å². The quantitative estimate of drug-likeness (QED) is 0.649. The Bertz CT molecular complexity index is 1050. The van der Waals surface area contributed by atoms with Gasteiger partial charge >= 0.3 is 0 Å². The van der Waals surface area contributed by atoms with Gasteiger partial charge in [-0.2, -0.15) is 0 Å². The minimum Gasteiger partial charge on any atom is -0.497 e. The molecule has 0 spiro atoms. The standard InChI is InChI=1S/C21H21ClN4O4/c1-28-16-8-5-14(18(9-16)29-2)10-23-21(27)20-17-12-30-19(11-26(17)25-24-20)13-3-6-15(22)7-4-13/h3-9,19H,10-12H2,1-2H3,(H,23,27)/t19-/m0/s1. The lowest BCUT2D eigenvalue weighted by Crippen LogP contribution is -2.27. The van der Waals surface area contributed by atoms with Gasteiger partial charge in [-0.05, 0) is 29.8 Å². The van der Waals surface area contributed by atoms with E-state index < -0.39 is 0 Å². The zero-order valence-corrected chi connectivity index (χ0v) is 17.3. The maximum atomic E-state index is 12.7. The van der Waals surface area contributed by atoms with Crippen LogP contribution in [0.1, 0.15) is 33.4 Å². The third kappa shape index (κ3) is 4.10. The average molecular weight is 429 g/mol. The molecule has 4 rings (SSSR count). The van der Waals surface area contributed by atoms with E-state index in [2.05, 4.69) is 15.6 Å². The number of carbonyl (C=O) groups excluding carboxylic acids is 1. The van der Waals surface area contributed by atoms with Crippen LogP contribution in [0, 0.1) is 0 Å². The molecule has 0 saturated heterocycles. The first-order valence-corrected chi connectivity index (χ1v) is 9.75. The number of ether oxygens (including phenoxy) is 3. The van der Waals surface area contributed by atoms with Crippen LogP contribution in [0.2, 0.25) is 5.02 Å². The maximum absolute atomic E-state index is 12.7. The van der Waals surface area contributed by atoms with Crippen LogP contribution in [0.3, 0.4) is 0 Å². The van der Waals surface area contributed by atoms with Gasteiger partial charge in [0.05, 0.1) is 33.1 Å². The number of fused-ring (bicyclic) bond motifs is 1. The third-order valence-corrected chi connectivity index (χ3v) is 5.24. The van der Waals surface area contributed by atoms with Crippen LogP contribution in [-0.2, 0) is 24.4 Å². The molecule has 1 atom stereocenters. The van der Waals surface area contributed by atoms with Gasteiger partial charge in [-0.25, -0.2) is 4.68 Å². The largest absolute Gasteiger partial charge is 0.497 e. The van der Waals surface area contributed by atoms with Crippen molar-refractivity contribution in [3.63, 3.8) is 0 Å². The summed E-state index contributed by atoms with van der Waals surface area (Å²) in [6.07, 6.45) is -0.170.